The van der Waals surface area contributed by atoms with Crippen molar-refractivity contribution in [3.63, 3.8) is 0 Å². The first kappa shape index (κ1) is 24.5. The van der Waals surface area contributed by atoms with Gasteiger partial charge >= 0.3 is 0 Å². The maximum Gasteiger partial charge on any atom is 0.262 e. The standard InChI is InChI=1S/C27H29BrN2O3/c1-18(19-10-6-5-7-11-19)29-26(32)21-12-8-9-13-23(21)30-25(31)17-33-24-15-14-20(16-22(24)28)27(2,3)4/h5-16,18H,17H2,1-4H3,(H,29,32)(H,30,31). The molecule has 0 aliphatic rings. The second kappa shape index (κ2) is 10.7. The molecule has 0 aliphatic carbocycles. The minimum atomic E-state index is -0.349. The Morgan fingerprint density at radius 3 is 2.30 bits per heavy atom. The number of hydrogen-bond acceptors (Lipinski definition) is 3. The fourth-order valence-corrected chi connectivity index (χ4v) is 3.80. The summed E-state index contributed by atoms with van der Waals surface area (Å²) >= 11 is 3.52. The van der Waals surface area contributed by atoms with Crippen LogP contribution in [-0.2, 0) is 10.2 Å². The number of hydrogen-bond donors (Lipinski definition) is 2. The maximum atomic E-state index is 12.9. The summed E-state index contributed by atoms with van der Waals surface area (Å²) < 4.78 is 6.49. The van der Waals surface area contributed by atoms with E-state index in [1.165, 1.54) is 0 Å². The van der Waals surface area contributed by atoms with E-state index in [1.807, 2.05) is 55.5 Å². The zero-order chi connectivity index (χ0) is 24.0. The van der Waals surface area contributed by atoms with Crippen molar-refractivity contribution in [2.24, 2.45) is 0 Å². The highest BCUT2D eigenvalue weighted by Crippen LogP contribution is 2.31. The predicted octanol–water partition coefficient (Wildman–Crippen LogP) is 6.26. The van der Waals surface area contributed by atoms with Crippen molar-refractivity contribution in [2.75, 3.05) is 11.9 Å². The molecule has 2 amide bonds. The number of nitrogens with one attached hydrogen (secondary N) is 2. The number of amides is 2. The number of ether oxygens (including phenoxy) is 1. The summed E-state index contributed by atoms with van der Waals surface area (Å²) in [5.41, 5.74) is 3.01. The van der Waals surface area contributed by atoms with Crippen LogP contribution in [-0.4, -0.2) is 18.4 Å². The first-order chi connectivity index (χ1) is 15.6. The largest absolute Gasteiger partial charge is 0.483 e. The molecule has 33 heavy (non-hydrogen) atoms. The van der Waals surface area contributed by atoms with Gasteiger partial charge in [0.25, 0.3) is 11.8 Å². The third-order valence-electron chi connectivity index (χ3n) is 5.25. The number of rotatable bonds is 7. The molecule has 2 N–H and O–H groups in total. The predicted molar refractivity (Wildman–Crippen MR) is 136 cm³/mol. The van der Waals surface area contributed by atoms with E-state index in [1.54, 1.807) is 24.3 Å². The molecule has 0 heterocycles. The number of benzene rings is 3. The van der Waals surface area contributed by atoms with E-state index in [2.05, 4.69) is 47.3 Å². The Morgan fingerprint density at radius 2 is 1.64 bits per heavy atom. The molecule has 3 rings (SSSR count). The van der Waals surface area contributed by atoms with Gasteiger partial charge < -0.3 is 15.4 Å². The van der Waals surface area contributed by atoms with Crippen LogP contribution in [0, 0.1) is 0 Å². The van der Waals surface area contributed by atoms with Crippen molar-refractivity contribution < 1.29 is 14.3 Å². The molecule has 0 spiro atoms. The fraction of sp³-hybridized carbons (Fsp3) is 0.259. The van der Waals surface area contributed by atoms with Gasteiger partial charge in [0.05, 0.1) is 21.8 Å². The molecule has 5 nitrogen and oxygen atoms in total. The smallest absolute Gasteiger partial charge is 0.262 e. The van der Waals surface area contributed by atoms with Crippen molar-refractivity contribution in [1.82, 2.24) is 5.32 Å². The summed E-state index contributed by atoms with van der Waals surface area (Å²) in [4.78, 5) is 25.4. The third-order valence-corrected chi connectivity index (χ3v) is 5.87. The van der Waals surface area contributed by atoms with Crippen LogP contribution < -0.4 is 15.4 Å². The molecule has 0 aliphatic heterocycles. The van der Waals surface area contributed by atoms with Crippen LogP contribution in [0.1, 0.15) is 55.2 Å². The Labute approximate surface area is 203 Å². The summed E-state index contributed by atoms with van der Waals surface area (Å²) in [5.74, 6) is -0.0253. The van der Waals surface area contributed by atoms with Gasteiger partial charge in [-0.1, -0.05) is 69.3 Å². The molecule has 3 aromatic carbocycles. The van der Waals surface area contributed by atoms with Crippen LogP contribution in [0.15, 0.2) is 77.3 Å². The van der Waals surface area contributed by atoms with Gasteiger partial charge in [-0.3, -0.25) is 9.59 Å². The number of carbonyl (C=O) groups is 2. The molecule has 172 valence electrons. The van der Waals surface area contributed by atoms with E-state index in [4.69, 9.17) is 4.74 Å². The van der Waals surface area contributed by atoms with Crippen molar-refractivity contribution in [2.45, 2.75) is 39.2 Å². The van der Waals surface area contributed by atoms with Gasteiger partial charge in [-0.2, -0.15) is 0 Å². The van der Waals surface area contributed by atoms with E-state index in [9.17, 15) is 9.59 Å². The lowest BCUT2D eigenvalue weighted by Gasteiger charge is -2.20. The Morgan fingerprint density at radius 1 is 0.970 bits per heavy atom. The van der Waals surface area contributed by atoms with Crippen LogP contribution in [0.25, 0.3) is 0 Å². The molecule has 1 unspecified atom stereocenters. The molecule has 0 saturated carbocycles. The zero-order valence-corrected chi connectivity index (χ0v) is 20.9. The number of halogens is 1. The summed E-state index contributed by atoms with van der Waals surface area (Å²) in [6.45, 7) is 8.15. The molecule has 6 heteroatoms. The lowest BCUT2D eigenvalue weighted by molar-refractivity contribution is -0.118. The number of carbonyl (C=O) groups excluding carboxylic acids is 2. The Kier molecular flexibility index (Phi) is 7.92. The Hall–Kier alpha value is -3.12. The monoisotopic (exact) mass is 508 g/mol. The zero-order valence-electron chi connectivity index (χ0n) is 19.3. The molecule has 0 saturated heterocycles. The summed E-state index contributed by atoms with van der Waals surface area (Å²) in [5, 5.41) is 5.77. The van der Waals surface area contributed by atoms with Gasteiger partial charge in [0.2, 0.25) is 0 Å². The van der Waals surface area contributed by atoms with Gasteiger partial charge in [0, 0.05) is 0 Å². The highest BCUT2D eigenvalue weighted by Gasteiger charge is 2.18. The molecule has 0 radical (unpaired) electrons. The lowest BCUT2D eigenvalue weighted by atomic mass is 9.87. The quantitative estimate of drug-likeness (QED) is 0.396. The highest BCUT2D eigenvalue weighted by atomic mass is 79.9. The second-order valence-electron chi connectivity index (χ2n) is 8.88. The molecule has 0 bridgehead atoms. The second-order valence-corrected chi connectivity index (χ2v) is 9.74. The Bertz CT molecular complexity index is 1120. The number of para-hydroxylation sites is 1. The lowest BCUT2D eigenvalue weighted by Crippen LogP contribution is -2.28. The van der Waals surface area contributed by atoms with Crippen LogP contribution in [0.5, 0.6) is 5.75 Å². The fourth-order valence-electron chi connectivity index (χ4n) is 3.30. The average Bonchev–Trinajstić information content (AvgIpc) is 2.78. The van der Waals surface area contributed by atoms with E-state index >= 15 is 0 Å². The third kappa shape index (κ3) is 6.68. The van der Waals surface area contributed by atoms with Gasteiger partial charge in [-0.05, 0) is 63.7 Å². The van der Waals surface area contributed by atoms with Gasteiger partial charge in [-0.25, -0.2) is 0 Å². The molecule has 3 aromatic rings. The van der Waals surface area contributed by atoms with Crippen LogP contribution in [0.3, 0.4) is 0 Å². The van der Waals surface area contributed by atoms with E-state index in [0.29, 0.717) is 17.0 Å². The molecule has 0 fully saturated rings. The first-order valence-electron chi connectivity index (χ1n) is 10.8. The molecule has 1 atom stereocenters. The Balaban J connectivity index is 1.63. The molecular formula is C27H29BrN2O3. The van der Waals surface area contributed by atoms with E-state index in [-0.39, 0.29) is 29.9 Å². The molecule has 0 aromatic heterocycles. The number of anilines is 1. The summed E-state index contributed by atoms with van der Waals surface area (Å²) in [7, 11) is 0. The summed E-state index contributed by atoms with van der Waals surface area (Å²) in [6, 6.07) is 22.3. The van der Waals surface area contributed by atoms with Gasteiger partial charge in [0.15, 0.2) is 6.61 Å². The van der Waals surface area contributed by atoms with Crippen molar-refractivity contribution in [3.05, 3.63) is 94.0 Å². The van der Waals surface area contributed by atoms with Crippen molar-refractivity contribution in [3.8, 4) is 5.75 Å². The van der Waals surface area contributed by atoms with Crippen LogP contribution >= 0.6 is 15.9 Å². The minimum absolute atomic E-state index is 0.0146. The first-order valence-corrected chi connectivity index (χ1v) is 11.6. The average molecular weight is 509 g/mol. The maximum absolute atomic E-state index is 12.9. The van der Waals surface area contributed by atoms with Crippen LogP contribution in [0.4, 0.5) is 5.69 Å². The van der Waals surface area contributed by atoms with E-state index < -0.39 is 0 Å². The topological polar surface area (TPSA) is 67.4 Å². The molecular weight excluding hydrogens is 480 g/mol. The minimum Gasteiger partial charge on any atom is -0.483 e. The van der Waals surface area contributed by atoms with Crippen molar-refractivity contribution >= 4 is 33.4 Å². The van der Waals surface area contributed by atoms with Gasteiger partial charge in [-0.15, -0.1) is 0 Å². The normalized spacial score (nSPS) is 12.0. The van der Waals surface area contributed by atoms with Gasteiger partial charge in [0.1, 0.15) is 5.75 Å². The van der Waals surface area contributed by atoms with Crippen LogP contribution in [0.2, 0.25) is 0 Å². The highest BCUT2D eigenvalue weighted by molar-refractivity contribution is 9.10. The SMILES string of the molecule is CC(NC(=O)c1ccccc1NC(=O)COc1ccc(C(C)(C)C)cc1Br)c1ccccc1. The summed E-state index contributed by atoms with van der Waals surface area (Å²) in [6.07, 6.45) is 0. The van der Waals surface area contributed by atoms with Crippen molar-refractivity contribution in [1.29, 1.82) is 0 Å². The van der Waals surface area contributed by atoms with E-state index in [0.717, 1.165) is 15.6 Å².